The number of aromatic nitrogens is 1. The molecule has 5 nitrogen and oxygen atoms in total. The number of rotatable bonds is 4. The van der Waals surface area contributed by atoms with Crippen LogP contribution in [0.2, 0.25) is 0 Å². The van der Waals surface area contributed by atoms with Gasteiger partial charge in [-0.2, -0.15) is 0 Å². The summed E-state index contributed by atoms with van der Waals surface area (Å²) in [6.07, 6.45) is 1.36. The number of phenolic OH excluding ortho intramolecular Hbond substituents is 2. The number of hydrogen-bond acceptors (Lipinski definition) is 4. The third kappa shape index (κ3) is 2.91. The van der Waals surface area contributed by atoms with Crippen molar-refractivity contribution < 1.29 is 14.9 Å². The maximum atomic E-state index is 10.7. The molecule has 146 valence electrons. The Morgan fingerprint density at radius 2 is 2.00 bits per heavy atom. The van der Waals surface area contributed by atoms with E-state index in [4.69, 9.17) is 9.73 Å². The van der Waals surface area contributed by atoms with E-state index < -0.39 is 0 Å². The topological polar surface area (TPSA) is 77.8 Å². The third-order valence-electron chi connectivity index (χ3n) is 5.60. The lowest BCUT2D eigenvalue weighted by Gasteiger charge is -2.20. The first-order valence-corrected chi connectivity index (χ1v) is 9.67. The molecule has 2 heterocycles. The average Bonchev–Trinajstić information content (AvgIpc) is 3.04. The van der Waals surface area contributed by atoms with Crippen molar-refractivity contribution in [2.75, 3.05) is 13.7 Å². The van der Waals surface area contributed by atoms with Crippen LogP contribution in [-0.4, -0.2) is 34.6 Å². The number of phenols is 2. The van der Waals surface area contributed by atoms with Crippen molar-refractivity contribution in [3.05, 3.63) is 52.2 Å². The zero-order chi connectivity index (χ0) is 20.0. The Hall–Kier alpha value is -2.95. The Morgan fingerprint density at radius 3 is 2.71 bits per heavy atom. The molecule has 0 atom stereocenters. The monoisotopic (exact) mass is 378 g/mol. The van der Waals surface area contributed by atoms with E-state index in [0.29, 0.717) is 12.0 Å². The molecular weight excluding hydrogens is 352 g/mol. The van der Waals surface area contributed by atoms with Crippen LogP contribution in [0.25, 0.3) is 10.9 Å². The van der Waals surface area contributed by atoms with Crippen LogP contribution in [0.3, 0.4) is 0 Å². The van der Waals surface area contributed by atoms with Crippen molar-refractivity contribution in [2.24, 2.45) is 4.99 Å². The van der Waals surface area contributed by atoms with Crippen LogP contribution < -0.4 is 4.74 Å². The normalized spacial score (nSPS) is 13.7. The van der Waals surface area contributed by atoms with E-state index in [1.807, 2.05) is 32.9 Å². The number of nitrogens with one attached hydrogen (secondary N) is 1. The summed E-state index contributed by atoms with van der Waals surface area (Å²) in [4.78, 5) is 8.27. The van der Waals surface area contributed by atoms with E-state index in [1.165, 1.54) is 10.9 Å². The number of hydrogen-bond donors (Lipinski definition) is 3. The lowest BCUT2D eigenvalue weighted by Crippen LogP contribution is -2.16. The van der Waals surface area contributed by atoms with Crippen molar-refractivity contribution in [3.8, 4) is 17.2 Å². The summed E-state index contributed by atoms with van der Waals surface area (Å²) < 4.78 is 5.35. The number of aryl methyl sites for hydroxylation is 1. The molecule has 1 aromatic heterocycles. The average molecular weight is 378 g/mol. The number of benzene rings is 2. The number of ether oxygens (including phenoxy) is 1. The summed E-state index contributed by atoms with van der Waals surface area (Å²) in [5.41, 5.74) is 6.44. The first kappa shape index (κ1) is 18.4. The standard InChI is InChI=1S/C23H26N2O3/c1-12(2)21-17(23(27)13(3)9-20(21)26)11-19-22-16(7-8-24-19)15-6-5-14(28-4)10-18(15)25-22/h5-6,9-10,12,25-27H,7-8,11H2,1-4H3. The van der Waals surface area contributed by atoms with Gasteiger partial charge in [0.25, 0.3) is 0 Å². The van der Waals surface area contributed by atoms with Crippen LogP contribution in [0.4, 0.5) is 0 Å². The highest BCUT2D eigenvalue weighted by atomic mass is 16.5. The van der Waals surface area contributed by atoms with Gasteiger partial charge in [0.15, 0.2) is 0 Å². The second-order valence-electron chi connectivity index (χ2n) is 7.75. The molecule has 28 heavy (non-hydrogen) atoms. The van der Waals surface area contributed by atoms with Gasteiger partial charge in [0.2, 0.25) is 0 Å². The molecule has 3 N–H and O–H groups in total. The molecule has 0 saturated carbocycles. The van der Waals surface area contributed by atoms with Gasteiger partial charge in [-0.3, -0.25) is 4.99 Å². The zero-order valence-corrected chi connectivity index (χ0v) is 16.8. The molecule has 2 aromatic carbocycles. The molecule has 0 bridgehead atoms. The van der Waals surface area contributed by atoms with Gasteiger partial charge in [0, 0.05) is 41.1 Å². The Balaban J connectivity index is 1.82. The molecule has 1 aliphatic rings. The molecule has 5 heteroatoms. The van der Waals surface area contributed by atoms with E-state index in [-0.39, 0.29) is 17.4 Å². The number of fused-ring (bicyclic) bond motifs is 3. The van der Waals surface area contributed by atoms with Crippen molar-refractivity contribution in [2.45, 2.75) is 39.5 Å². The first-order valence-electron chi connectivity index (χ1n) is 9.67. The fourth-order valence-electron chi connectivity index (χ4n) is 4.26. The lowest BCUT2D eigenvalue weighted by molar-refractivity contribution is 0.415. The van der Waals surface area contributed by atoms with Gasteiger partial charge in [-0.1, -0.05) is 13.8 Å². The second kappa shape index (κ2) is 6.89. The van der Waals surface area contributed by atoms with Gasteiger partial charge in [-0.05, 0) is 48.6 Å². The highest BCUT2D eigenvalue weighted by Crippen LogP contribution is 2.39. The van der Waals surface area contributed by atoms with Gasteiger partial charge in [0.1, 0.15) is 17.2 Å². The number of methoxy groups -OCH3 is 1. The minimum Gasteiger partial charge on any atom is -0.508 e. The van der Waals surface area contributed by atoms with Crippen molar-refractivity contribution >= 4 is 16.6 Å². The molecule has 0 radical (unpaired) electrons. The molecule has 4 rings (SSSR count). The predicted molar refractivity (Wildman–Crippen MR) is 112 cm³/mol. The molecule has 0 unspecified atom stereocenters. The lowest BCUT2D eigenvalue weighted by atomic mass is 9.88. The van der Waals surface area contributed by atoms with E-state index in [1.54, 1.807) is 13.2 Å². The SMILES string of the molecule is COc1ccc2c3c([nH]c2c1)C(Cc1c(O)c(C)cc(O)c1C(C)C)=NCC3. The third-order valence-corrected chi connectivity index (χ3v) is 5.60. The van der Waals surface area contributed by atoms with Crippen molar-refractivity contribution in [3.63, 3.8) is 0 Å². The van der Waals surface area contributed by atoms with Crippen LogP contribution in [0, 0.1) is 6.92 Å². The number of nitrogens with zero attached hydrogens (tertiary/aromatic N) is 1. The fourth-order valence-corrected chi connectivity index (χ4v) is 4.26. The number of aromatic hydroxyl groups is 2. The summed E-state index contributed by atoms with van der Waals surface area (Å²) in [7, 11) is 1.66. The van der Waals surface area contributed by atoms with Gasteiger partial charge < -0.3 is 19.9 Å². The minimum absolute atomic E-state index is 0.0946. The molecule has 3 aromatic rings. The smallest absolute Gasteiger partial charge is 0.122 e. The van der Waals surface area contributed by atoms with E-state index in [9.17, 15) is 10.2 Å². The summed E-state index contributed by atoms with van der Waals surface area (Å²) >= 11 is 0. The van der Waals surface area contributed by atoms with Crippen LogP contribution in [0.5, 0.6) is 17.2 Å². The van der Waals surface area contributed by atoms with Gasteiger partial charge >= 0.3 is 0 Å². The largest absolute Gasteiger partial charge is 0.508 e. The van der Waals surface area contributed by atoms with E-state index in [0.717, 1.165) is 46.8 Å². The Labute approximate surface area is 164 Å². The maximum absolute atomic E-state index is 10.7. The molecule has 1 aliphatic heterocycles. The molecule has 0 aliphatic carbocycles. The summed E-state index contributed by atoms with van der Waals surface area (Å²) in [6, 6.07) is 7.70. The fraction of sp³-hybridized carbons (Fsp3) is 0.348. The first-order chi connectivity index (χ1) is 13.4. The van der Waals surface area contributed by atoms with Crippen molar-refractivity contribution in [1.29, 1.82) is 0 Å². The van der Waals surface area contributed by atoms with Crippen LogP contribution >= 0.6 is 0 Å². The molecule has 0 saturated heterocycles. The summed E-state index contributed by atoms with van der Waals surface area (Å²) in [5, 5.41) is 22.4. The highest BCUT2D eigenvalue weighted by molar-refractivity contribution is 6.07. The molecule has 0 fully saturated rings. The van der Waals surface area contributed by atoms with Crippen LogP contribution in [0.1, 0.15) is 47.7 Å². The Morgan fingerprint density at radius 1 is 1.21 bits per heavy atom. The predicted octanol–water partition coefficient (Wildman–Crippen LogP) is 4.61. The van der Waals surface area contributed by atoms with Crippen LogP contribution in [0.15, 0.2) is 29.3 Å². The Bertz CT molecular complexity index is 1090. The van der Waals surface area contributed by atoms with E-state index in [2.05, 4.69) is 11.1 Å². The second-order valence-corrected chi connectivity index (χ2v) is 7.75. The minimum atomic E-state index is 0.0946. The van der Waals surface area contributed by atoms with Gasteiger partial charge in [-0.15, -0.1) is 0 Å². The summed E-state index contributed by atoms with van der Waals surface area (Å²) in [6.45, 7) is 6.58. The quantitative estimate of drug-likeness (QED) is 0.580. The summed E-state index contributed by atoms with van der Waals surface area (Å²) in [5.74, 6) is 1.39. The Kier molecular flexibility index (Phi) is 4.53. The maximum Gasteiger partial charge on any atom is 0.122 e. The number of aliphatic imine (C=N–C) groups is 1. The van der Waals surface area contributed by atoms with Gasteiger partial charge in [0.05, 0.1) is 18.5 Å². The van der Waals surface area contributed by atoms with Gasteiger partial charge in [-0.25, -0.2) is 0 Å². The van der Waals surface area contributed by atoms with E-state index >= 15 is 0 Å². The number of H-pyrrole nitrogens is 1. The molecule has 0 spiro atoms. The molecule has 0 amide bonds. The van der Waals surface area contributed by atoms with Crippen molar-refractivity contribution in [1.82, 2.24) is 4.98 Å². The highest BCUT2D eigenvalue weighted by Gasteiger charge is 2.24. The van der Waals surface area contributed by atoms with Crippen LogP contribution in [-0.2, 0) is 12.8 Å². The number of aromatic amines is 1. The zero-order valence-electron chi connectivity index (χ0n) is 16.8. The molecular formula is C23H26N2O3.